The molecule has 1 aliphatic heterocycles. The number of benzene rings is 2. The Morgan fingerprint density at radius 1 is 1.07 bits per heavy atom. The van der Waals surface area contributed by atoms with Gasteiger partial charge >= 0.3 is 0 Å². The molecule has 1 saturated heterocycles. The van der Waals surface area contributed by atoms with Crippen molar-refractivity contribution in [1.82, 2.24) is 14.6 Å². The maximum absolute atomic E-state index is 12.5. The van der Waals surface area contributed by atoms with Gasteiger partial charge in [-0.2, -0.15) is 0 Å². The molecule has 2 aromatic carbocycles. The smallest absolute Gasteiger partial charge is 0.266 e. The van der Waals surface area contributed by atoms with Gasteiger partial charge in [0.2, 0.25) is 10.0 Å². The van der Waals surface area contributed by atoms with E-state index in [4.69, 9.17) is 4.98 Å². The molecule has 1 aromatic heterocycles. The molecule has 158 valence electrons. The molecule has 2 heterocycles. The zero-order valence-electron chi connectivity index (χ0n) is 16.7. The Morgan fingerprint density at radius 2 is 1.77 bits per heavy atom. The van der Waals surface area contributed by atoms with Crippen molar-refractivity contribution in [3.8, 4) is 0 Å². The number of para-hydroxylation sites is 2. The molecule has 1 amide bonds. The quantitative estimate of drug-likeness (QED) is 0.630. The Balaban J connectivity index is 1.42. The highest BCUT2D eigenvalue weighted by molar-refractivity contribution is 7.90. The molecule has 0 bridgehead atoms. The lowest BCUT2D eigenvalue weighted by molar-refractivity contribution is 0.0981. The lowest BCUT2D eigenvalue weighted by Crippen LogP contribution is -2.46. The van der Waals surface area contributed by atoms with Crippen molar-refractivity contribution in [1.29, 1.82) is 0 Å². The second-order valence-electron chi connectivity index (χ2n) is 7.19. The Bertz CT molecular complexity index is 1120. The van der Waals surface area contributed by atoms with Crippen molar-refractivity contribution in [3.05, 3.63) is 59.1 Å². The molecule has 0 aliphatic carbocycles. The fourth-order valence-corrected chi connectivity index (χ4v) is 5.08. The topological polar surface area (TPSA) is 82.6 Å². The van der Waals surface area contributed by atoms with Gasteiger partial charge in [-0.25, -0.2) is 18.1 Å². The minimum Gasteiger partial charge on any atom is -0.368 e. The van der Waals surface area contributed by atoms with Gasteiger partial charge in [-0.05, 0) is 31.2 Å². The van der Waals surface area contributed by atoms with E-state index in [1.807, 2.05) is 30.3 Å². The van der Waals surface area contributed by atoms with Gasteiger partial charge in [0.05, 0.1) is 28.1 Å². The van der Waals surface area contributed by atoms with Crippen molar-refractivity contribution in [2.75, 3.05) is 36.8 Å². The molecular formula is C21H24N4O3S2. The van der Waals surface area contributed by atoms with E-state index in [9.17, 15) is 13.2 Å². The molecule has 0 saturated carbocycles. The number of carbonyl (C=O) groups excluding carboxylic acids is 1. The number of nitrogens with zero attached hydrogens (tertiary/aromatic N) is 3. The number of aromatic nitrogens is 1. The van der Waals surface area contributed by atoms with Gasteiger partial charge < -0.3 is 4.90 Å². The SMILES string of the molecule is CCS(=O)(=O)NC(=O)c1ccccc1N1CCN(Cc2nc3ccccc3s2)CC1. The second kappa shape index (κ2) is 8.71. The van der Waals surface area contributed by atoms with Crippen LogP contribution in [0.3, 0.4) is 0 Å². The van der Waals surface area contributed by atoms with E-state index in [1.54, 1.807) is 23.5 Å². The molecule has 1 N–H and O–H groups in total. The number of nitrogens with one attached hydrogen (secondary N) is 1. The lowest BCUT2D eigenvalue weighted by atomic mass is 10.1. The zero-order valence-corrected chi connectivity index (χ0v) is 18.4. The van der Waals surface area contributed by atoms with Gasteiger partial charge in [-0.15, -0.1) is 11.3 Å². The predicted molar refractivity (Wildman–Crippen MR) is 120 cm³/mol. The van der Waals surface area contributed by atoms with Crippen LogP contribution in [0.4, 0.5) is 5.69 Å². The van der Waals surface area contributed by atoms with Crippen LogP contribution < -0.4 is 9.62 Å². The van der Waals surface area contributed by atoms with Gasteiger partial charge in [-0.3, -0.25) is 9.69 Å². The van der Waals surface area contributed by atoms with E-state index in [0.717, 1.165) is 48.9 Å². The fourth-order valence-electron chi connectivity index (χ4n) is 3.54. The summed E-state index contributed by atoms with van der Waals surface area (Å²) in [6, 6.07) is 15.3. The van der Waals surface area contributed by atoms with Gasteiger partial charge in [0.15, 0.2) is 0 Å². The van der Waals surface area contributed by atoms with E-state index in [-0.39, 0.29) is 5.75 Å². The Morgan fingerprint density at radius 3 is 2.50 bits per heavy atom. The molecule has 0 radical (unpaired) electrons. The number of hydrogen-bond donors (Lipinski definition) is 1. The third-order valence-corrected chi connectivity index (χ3v) is 7.46. The highest BCUT2D eigenvalue weighted by Crippen LogP contribution is 2.25. The first kappa shape index (κ1) is 20.8. The van der Waals surface area contributed by atoms with Gasteiger partial charge in [0, 0.05) is 31.9 Å². The molecule has 1 fully saturated rings. The molecule has 3 aromatic rings. The summed E-state index contributed by atoms with van der Waals surface area (Å²) < 4.78 is 26.9. The average molecular weight is 445 g/mol. The Kier molecular flexibility index (Phi) is 6.03. The molecule has 30 heavy (non-hydrogen) atoms. The molecule has 0 spiro atoms. The first-order valence-corrected chi connectivity index (χ1v) is 12.4. The van der Waals surface area contributed by atoms with E-state index in [0.29, 0.717) is 5.56 Å². The number of sulfonamides is 1. The highest BCUT2D eigenvalue weighted by Gasteiger charge is 2.23. The molecule has 1 aliphatic rings. The van der Waals surface area contributed by atoms with Crippen LogP contribution in [0.5, 0.6) is 0 Å². The number of fused-ring (bicyclic) bond motifs is 1. The third kappa shape index (κ3) is 4.63. The van der Waals surface area contributed by atoms with Crippen LogP contribution in [0.25, 0.3) is 10.2 Å². The number of carbonyl (C=O) groups is 1. The van der Waals surface area contributed by atoms with Crippen LogP contribution in [0.2, 0.25) is 0 Å². The van der Waals surface area contributed by atoms with E-state index >= 15 is 0 Å². The van der Waals surface area contributed by atoms with Crippen molar-refractivity contribution in [3.63, 3.8) is 0 Å². The predicted octanol–water partition coefficient (Wildman–Crippen LogP) is 2.70. The number of amides is 1. The van der Waals surface area contributed by atoms with Crippen molar-refractivity contribution in [2.45, 2.75) is 13.5 Å². The summed E-state index contributed by atoms with van der Waals surface area (Å²) >= 11 is 1.73. The maximum Gasteiger partial charge on any atom is 0.266 e. The number of rotatable bonds is 6. The molecule has 0 unspecified atom stereocenters. The molecule has 0 atom stereocenters. The monoisotopic (exact) mass is 444 g/mol. The van der Waals surface area contributed by atoms with Gasteiger partial charge in [0.25, 0.3) is 5.91 Å². The summed E-state index contributed by atoms with van der Waals surface area (Å²) in [6.45, 7) is 5.53. The summed E-state index contributed by atoms with van der Waals surface area (Å²) in [5, 5.41) is 1.11. The third-order valence-electron chi connectivity index (χ3n) is 5.19. The first-order chi connectivity index (χ1) is 14.4. The van der Waals surface area contributed by atoms with E-state index in [1.165, 1.54) is 11.6 Å². The summed E-state index contributed by atoms with van der Waals surface area (Å²) in [5.41, 5.74) is 2.19. The highest BCUT2D eigenvalue weighted by atomic mass is 32.2. The van der Waals surface area contributed by atoms with Crippen molar-refractivity contribution < 1.29 is 13.2 Å². The fraction of sp³-hybridized carbons (Fsp3) is 0.333. The van der Waals surface area contributed by atoms with Gasteiger partial charge in [0.1, 0.15) is 5.01 Å². The Labute approximate surface area is 180 Å². The summed E-state index contributed by atoms with van der Waals surface area (Å²) in [5.74, 6) is -0.713. The summed E-state index contributed by atoms with van der Waals surface area (Å²) in [6.07, 6.45) is 0. The van der Waals surface area contributed by atoms with Crippen molar-refractivity contribution in [2.24, 2.45) is 0 Å². The number of piperazine rings is 1. The standard InChI is InChI=1S/C21H24N4O3S2/c1-2-30(27,28)23-21(26)16-7-3-5-9-18(16)25-13-11-24(12-14-25)15-20-22-17-8-4-6-10-19(17)29-20/h3-10H,2,11-15H2,1H3,(H,23,26). The van der Waals surface area contributed by atoms with Crippen LogP contribution in [0.15, 0.2) is 48.5 Å². The summed E-state index contributed by atoms with van der Waals surface area (Å²) in [7, 11) is -3.60. The molecular weight excluding hydrogens is 420 g/mol. The minimum atomic E-state index is -3.60. The zero-order chi connectivity index (χ0) is 21.1. The second-order valence-corrected chi connectivity index (χ2v) is 10.3. The Hall–Kier alpha value is -2.49. The molecule has 4 rings (SSSR count). The first-order valence-electron chi connectivity index (χ1n) is 9.91. The average Bonchev–Trinajstić information content (AvgIpc) is 3.16. The normalized spacial score (nSPS) is 15.4. The van der Waals surface area contributed by atoms with Crippen LogP contribution >= 0.6 is 11.3 Å². The largest absolute Gasteiger partial charge is 0.368 e. The minimum absolute atomic E-state index is 0.134. The molecule has 7 nitrogen and oxygen atoms in total. The summed E-state index contributed by atoms with van der Waals surface area (Å²) in [4.78, 5) is 21.8. The van der Waals surface area contributed by atoms with Crippen LogP contribution in [-0.4, -0.2) is 56.1 Å². The van der Waals surface area contributed by atoms with E-state index < -0.39 is 15.9 Å². The molecule has 9 heteroatoms. The number of anilines is 1. The van der Waals surface area contributed by atoms with Crippen molar-refractivity contribution >= 4 is 43.2 Å². The van der Waals surface area contributed by atoms with E-state index in [2.05, 4.69) is 20.6 Å². The van der Waals surface area contributed by atoms with Gasteiger partial charge in [-0.1, -0.05) is 24.3 Å². The lowest BCUT2D eigenvalue weighted by Gasteiger charge is -2.36. The van der Waals surface area contributed by atoms with Crippen LogP contribution in [0.1, 0.15) is 22.3 Å². The maximum atomic E-state index is 12.5. The number of thiazole rings is 1. The van der Waals surface area contributed by atoms with Crippen LogP contribution in [0, 0.1) is 0 Å². The van der Waals surface area contributed by atoms with Crippen LogP contribution in [-0.2, 0) is 16.6 Å². The number of hydrogen-bond acceptors (Lipinski definition) is 7.